The smallest absolute Gasteiger partial charge is 0.306 e. The Morgan fingerprint density at radius 2 is 2.00 bits per heavy atom. The van der Waals surface area contributed by atoms with Gasteiger partial charge in [-0.1, -0.05) is 12.8 Å². The minimum absolute atomic E-state index is 0.00116. The largest absolute Gasteiger partial charge is 0.481 e. The molecule has 0 aromatic carbocycles. The van der Waals surface area contributed by atoms with Gasteiger partial charge in [-0.3, -0.25) is 4.79 Å². The third-order valence-electron chi connectivity index (χ3n) is 2.46. The van der Waals surface area contributed by atoms with Gasteiger partial charge in [0.05, 0.1) is 5.92 Å². The molecule has 3 heteroatoms. The molecule has 64 valence electrons. The number of aliphatic hydroxyl groups excluding tert-OH is 1. The molecule has 0 aromatic rings. The van der Waals surface area contributed by atoms with E-state index >= 15 is 0 Å². The van der Waals surface area contributed by atoms with Crippen molar-refractivity contribution in [3.8, 4) is 0 Å². The summed E-state index contributed by atoms with van der Waals surface area (Å²) in [5.74, 6) is -1.04. The molecule has 0 aromatic heterocycles. The summed E-state index contributed by atoms with van der Waals surface area (Å²) in [4.78, 5) is 10.6. The molecule has 0 amide bonds. The van der Waals surface area contributed by atoms with Crippen LogP contribution in [0.1, 0.15) is 25.7 Å². The maximum Gasteiger partial charge on any atom is 0.306 e. The van der Waals surface area contributed by atoms with E-state index in [0.29, 0.717) is 0 Å². The van der Waals surface area contributed by atoms with E-state index in [1.54, 1.807) is 0 Å². The minimum atomic E-state index is -0.747. The van der Waals surface area contributed by atoms with Gasteiger partial charge in [0, 0.05) is 6.61 Å². The lowest BCUT2D eigenvalue weighted by molar-refractivity contribution is -0.145. The monoisotopic (exact) mass is 158 g/mol. The van der Waals surface area contributed by atoms with Crippen molar-refractivity contribution in [1.29, 1.82) is 0 Å². The van der Waals surface area contributed by atoms with Gasteiger partial charge < -0.3 is 10.2 Å². The predicted octanol–water partition coefficient (Wildman–Crippen LogP) is 0.870. The van der Waals surface area contributed by atoms with Crippen LogP contribution in [0.5, 0.6) is 0 Å². The molecule has 0 unspecified atom stereocenters. The highest BCUT2D eigenvalue weighted by molar-refractivity contribution is 5.70. The minimum Gasteiger partial charge on any atom is -0.481 e. The summed E-state index contributed by atoms with van der Waals surface area (Å²) in [6.45, 7) is 0.0248. The van der Waals surface area contributed by atoms with Crippen molar-refractivity contribution < 1.29 is 15.0 Å². The second kappa shape index (κ2) is 3.72. The first kappa shape index (κ1) is 8.53. The normalized spacial score (nSPS) is 31.7. The van der Waals surface area contributed by atoms with Crippen LogP contribution in [0.25, 0.3) is 0 Å². The van der Waals surface area contributed by atoms with E-state index in [1.807, 2.05) is 0 Å². The quantitative estimate of drug-likeness (QED) is 0.627. The molecule has 0 radical (unpaired) electrons. The van der Waals surface area contributed by atoms with E-state index in [0.717, 1.165) is 25.7 Å². The summed E-state index contributed by atoms with van der Waals surface area (Å²) >= 11 is 0. The zero-order chi connectivity index (χ0) is 8.27. The third kappa shape index (κ3) is 1.93. The van der Waals surface area contributed by atoms with Crippen LogP contribution in [0.4, 0.5) is 0 Å². The van der Waals surface area contributed by atoms with Crippen LogP contribution in [0.15, 0.2) is 0 Å². The maximum atomic E-state index is 10.6. The van der Waals surface area contributed by atoms with Crippen LogP contribution in [-0.2, 0) is 4.79 Å². The first-order valence-corrected chi connectivity index (χ1v) is 4.09. The van der Waals surface area contributed by atoms with Gasteiger partial charge in [0.25, 0.3) is 0 Å². The molecule has 0 bridgehead atoms. The van der Waals surface area contributed by atoms with Gasteiger partial charge in [-0.25, -0.2) is 0 Å². The zero-order valence-corrected chi connectivity index (χ0v) is 6.49. The molecule has 0 heterocycles. The predicted molar refractivity (Wildman–Crippen MR) is 40.2 cm³/mol. The molecule has 1 fully saturated rings. The topological polar surface area (TPSA) is 57.5 Å². The molecule has 0 saturated heterocycles. The Bertz CT molecular complexity index is 144. The van der Waals surface area contributed by atoms with E-state index < -0.39 is 5.97 Å². The Kier molecular flexibility index (Phi) is 2.88. The van der Waals surface area contributed by atoms with E-state index in [1.165, 1.54) is 0 Å². The van der Waals surface area contributed by atoms with Gasteiger partial charge in [-0.15, -0.1) is 0 Å². The molecule has 11 heavy (non-hydrogen) atoms. The Balaban J connectivity index is 2.51. The van der Waals surface area contributed by atoms with E-state index in [-0.39, 0.29) is 18.4 Å². The van der Waals surface area contributed by atoms with Gasteiger partial charge in [0.2, 0.25) is 0 Å². The number of hydrogen-bond donors (Lipinski definition) is 2. The summed E-state index contributed by atoms with van der Waals surface area (Å²) < 4.78 is 0. The lowest BCUT2D eigenvalue weighted by Gasteiger charge is -2.26. The van der Waals surface area contributed by atoms with Crippen LogP contribution >= 0.6 is 0 Å². The number of rotatable bonds is 2. The average molecular weight is 158 g/mol. The van der Waals surface area contributed by atoms with E-state index in [2.05, 4.69) is 0 Å². The molecular formula is C8H14O3. The Morgan fingerprint density at radius 1 is 1.36 bits per heavy atom. The fraction of sp³-hybridized carbons (Fsp3) is 0.875. The number of hydrogen-bond acceptors (Lipinski definition) is 2. The van der Waals surface area contributed by atoms with E-state index in [9.17, 15) is 4.79 Å². The fourth-order valence-corrected chi connectivity index (χ4v) is 1.75. The highest BCUT2D eigenvalue weighted by atomic mass is 16.4. The van der Waals surface area contributed by atoms with Gasteiger partial charge in [0.1, 0.15) is 0 Å². The summed E-state index contributed by atoms with van der Waals surface area (Å²) in [5, 5.41) is 17.6. The number of carboxylic acid groups (broad SMARTS) is 1. The van der Waals surface area contributed by atoms with Crippen molar-refractivity contribution in [2.75, 3.05) is 6.61 Å². The molecule has 1 aliphatic rings. The first-order valence-electron chi connectivity index (χ1n) is 4.09. The summed E-state index contributed by atoms with van der Waals surface area (Å²) in [6, 6.07) is 0. The van der Waals surface area contributed by atoms with Crippen LogP contribution in [0.2, 0.25) is 0 Å². The molecule has 2 atom stereocenters. The average Bonchev–Trinajstić information content (AvgIpc) is 2.04. The standard InChI is InChI=1S/C8H14O3/c9-5-6-3-1-2-4-7(6)8(10)11/h6-7,9H,1-5H2,(H,10,11)/t6-,7+/m0/s1. The third-order valence-corrected chi connectivity index (χ3v) is 2.46. The number of aliphatic hydroxyl groups is 1. The summed E-state index contributed by atoms with van der Waals surface area (Å²) in [5.41, 5.74) is 0. The summed E-state index contributed by atoms with van der Waals surface area (Å²) in [6.07, 6.45) is 3.66. The molecule has 1 aliphatic carbocycles. The Morgan fingerprint density at radius 3 is 2.45 bits per heavy atom. The lowest BCUT2D eigenvalue weighted by atomic mass is 9.80. The van der Waals surface area contributed by atoms with Crippen LogP contribution in [0.3, 0.4) is 0 Å². The zero-order valence-electron chi connectivity index (χ0n) is 6.49. The lowest BCUT2D eigenvalue weighted by Crippen LogP contribution is -2.29. The fourth-order valence-electron chi connectivity index (χ4n) is 1.75. The number of aliphatic carboxylic acids is 1. The second-order valence-corrected chi connectivity index (χ2v) is 3.17. The van der Waals surface area contributed by atoms with Gasteiger partial charge in [-0.05, 0) is 18.8 Å². The van der Waals surface area contributed by atoms with Gasteiger partial charge in [0.15, 0.2) is 0 Å². The Hall–Kier alpha value is -0.570. The molecule has 0 spiro atoms. The molecule has 2 N–H and O–H groups in total. The van der Waals surface area contributed by atoms with Crippen molar-refractivity contribution in [3.05, 3.63) is 0 Å². The highest BCUT2D eigenvalue weighted by Gasteiger charge is 2.29. The SMILES string of the molecule is O=C(O)[C@@H]1CCCC[C@H]1CO. The second-order valence-electron chi connectivity index (χ2n) is 3.17. The molecule has 1 saturated carbocycles. The maximum absolute atomic E-state index is 10.6. The molecular weight excluding hydrogens is 144 g/mol. The van der Waals surface area contributed by atoms with Crippen LogP contribution in [0, 0.1) is 11.8 Å². The van der Waals surface area contributed by atoms with Crippen molar-refractivity contribution >= 4 is 5.97 Å². The van der Waals surface area contributed by atoms with Crippen molar-refractivity contribution in [1.82, 2.24) is 0 Å². The number of carboxylic acids is 1. The highest BCUT2D eigenvalue weighted by Crippen LogP contribution is 2.29. The van der Waals surface area contributed by atoms with Crippen molar-refractivity contribution in [3.63, 3.8) is 0 Å². The molecule has 1 rings (SSSR count). The first-order chi connectivity index (χ1) is 5.25. The van der Waals surface area contributed by atoms with Crippen LogP contribution < -0.4 is 0 Å². The number of carbonyl (C=O) groups is 1. The molecule has 3 nitrogen and oxygen atoms in total. The van der Waals surface area contributed by atoms with Gasteiger partial charge in [-0.2, -0.15) is 0 Å². The summed E-state index contributed by atoms with van der Waals surface area (Å²) in [7, 11) is 0. The van der Waals surface area contributed by atoms with Gasteiger partial charge >= 0.3 is 5.97 Å². The molecule has 0 aliphatic heterocycles. The van der Waals surface area contributed by atoms with Crippen molar-refractivity contribution in [2.45, 2.75) is 25.7 Å². The van der Waals surface area contributed by atoms with E-state index in [4.69, 9.17) is 10.2 Å². The van der Waals surface area contributed by atoms with Crippen LogP contribution in [-0.4, -0.2) is 22.8 Å². The van der Waals surface area contributed by atoms with Crippen molar-refractivity contribution in [2.24, 2.45) is 11.8 Å². The Labute approximate surface area is 66.0 Å².